The molecule has 0 radical (unpaired) electrons. The number of carbonyl (C=O) groups is 4. The number of halogens is 1. The number of esters is 2. The summed E-state index contributed by atoms with van der Waals surface area (Å²) in [5, 5.41) is 7.48. The van der Waals surface area contributed by atoms with Crippen molar-refractivity contribution in [3.05, 3.63) is 47.0 Å². The Kier molecular flexibility index (Phi) is 10.2. The lowest BCUT2D eigenvalue weighted by molar-refractivity contribution is -0.149. The van der Waals surface area contributed by atoms with Gasteiger partial charge in [-0.05, 0) is 64.3 Å². The molecule has 0 aliphatic rings. The molecule has 0 unspecified atom stereocenters. The number of amides is 2. The summed E-state index contributed by atoms with van der Waals surface area (Å²) in [6.07, 6.45) is -0.197. The van der Waals surface area contributed by atoms with E-state index >= 15 is 0 Å². The van der Waals surface area contributed by atoms with E-state index in [-0.39, 0.29) is 31.6 Å². The Morgan fingerprint density at radius 3 is 2.27 bits per heavy atom. The monoisotopic (exact) mass is 519 g/mol. The van der Waals surface area contributed by atoms with Gasteiger partial charge in [-0.3, -0.25) is 14.4 Å². The highest BCUT2D eigenvalue weighted by Crippen LogP contribution is 2.19. The number of rotatable bonds is 12. The molecule has 2 rings (SSSR count). The van der Waals surface area contributed by atoms with E-state index in [1.807, 2.05) is 0 Å². The van der Waals surface area contributed by atoms with E-state index in [4.69, 9.17) is 10.9 Å². The number of hydrogen-bond acceptors (Lipinski definition) is 7. The van der Waals surface area contributed by atoms with Crippen molar-refractivity contribution >= 4 is 23.8 Å². The van der Waals surface area contributed by atoms with Crippen molar-refractivity contribution in [2.75, 3.05) is 13.2 Å². The molecule has 0 aliphatic carbocycles. The van der Waals surface area contributed by atoms with Crippen LogP contribution in [0.15, 0.2) is 24.3 Å². The van der Waals surface area contributed by atoms with Crippen molar-refractivity contribution in [1.82, 2.24) is 20.4 Å². The first-order valence-corrected chi connectivity index (χ1v) is 12.2. The van der Waals surface area contributed by atoms with Crippen molar-refractivity contribution in [2.45, 2.75) is 66.5 Å². The zero-order valence-electron chi connectivity index (χ0n) is 23.0. The van der Waals surface area contributed by atoms with Crippen LogP contribution in [-0.4, -0.2) is 58.8 Å². The molecular weight excluding hydrogens is 483 g/mol. The van der Waals surface area contributed by atoms with Crippen LogP contribution in [0.1, 0.15) is 62.3 Å². The zero-order valence-corrected chi connectivity index (χ0v) is 22.0. The molecule has 0 fully saturated rings. The molecule has 2 N–H and O–H groups in total. The standard InChI is InChI=1S/C26H35FN4O6/c1-7-36-21(32)14-13-20(26(35)37-8-2)28-25(34)23(15(3)4)29-24(33)22-16(5)30-31(17(22)6)19-11-9-18(27)10-12-19/h9-12,15,20,23H,7-8,13-14H2,1-6H3,(H,28,34)(H,29,33)/t20-,23-/m0/s1/i/hD. The number of hydrogen-bond donors (Lipinski definition) is 2. The van der Waals surface area contributed by atoms with Gasteiger partial charge in [0.1, 0.15) is 17.9 Å². The van der Waals surface area contributed by atoms with Crippen LogP contribution in [0.25, 0.3) is 5.69 Å². The summed E-state index contributed by atoms with van der Waals surface area (Å²) >= 11 is 0. The third-order valence-electron chi connectivity index (χ3n) is 5.56. The van der Waals surface area contributed by atoms with Gasteiger partial charge < -0.3 is 20.1 Å². The molecule has 37 heavy (non-hydrogen) atoms. The van der Waals surface area contributed by atoms with Crippen molar-refractivity contribution in [3.63, 3.8) is 0 Å². The molecule has 0 bridgehead atoms. The highest BCUT2D eigenvalue weighted by atomic mass is 19.1. The quantitative estimate of drug-likeness (QED) is 0.413. The SMILES string of the molecule is [2H]N(C(=O)c1c(C)nn(-c2ccc(F)cc2)c1C)[C@H](C(=O)N[C@@H](CCC(=O)OCC)C(=O)OCC)C(C)C. The fourth-order valence-corrected chi connectivity index (χ4v) is 3.73. The Labute approximate surface area is 217 Å². The third kappa shape index (κ3) is 7.86. The number of aromatic nitrogens is 2. The molecule has 2 atom stereocenters. The Bertz CT molecular complexity index is 1150. The van der Waals surface area contributed by atoms with E-state index in [9.17, 15) is 23.6 Å². The summed E-state index contributed by atoms with van der Waals surface area (Å²) in [4.78, 5) is 51.0. The van der Waals surface area contributed by atoms with Crippen molar-refractivity contribution < 1.29 is 34.5 Å². The van der Waals surface area contributed by atoms with Gasteiger partial charge in [0.15, 0.2) is 1.41 Å². The van der Waals surface area contributed by atoms with Crippen molar-refractivity contribution in [1.29, 1.82) is 0 Å². The molecular formula is C26H35FN4O6. The average molecular weight is 520 g/mol. The van der Waals surface area contributed by atoms with Crippen LogP contribution in [-0.2, 0) is 23.9 Å². The van der Waals surface area contributed by atoms with Gasteiger partial charge in [0.05, 0.1) is 35.9 Å². The molecule has 202 valence electrons. The number of carbonyl (C=O) groups excluding carboxylic acids is 4. The molecule has 1 aromatic carbocycles. The summed E-state index contributed by atoms with van der Waals surface area (Å²) in [5.41, 5.74) is 1.40. The first-order chi connectivity index (χ1) is 17.9. The van der Waals surface area contributed by atoms with E-state index in [1.165, 1.54) is 28.9 Å². The Morgan fingerprint density at radius 2 is 1.70 bits per heavy atom. The second-order valence-corrected chi connectivity index (χ2v) is 8.71. The summed E-state index contributed by atoms with van der Waals surface area (Å²) in [6.45, 7) is 10.1. The second kappa shape index (κ2) is 13.5. The molecule has 0 saturated carbocycles. The predicted molar refractivity (Wildman–Crippen MR) is 134 cm³/mol. The molecule has 1 heterocycles. The molecule has 2 amide bonds. The average Bonchev–Trinajstić information content (AvgIpc) is 3.15. The Balaban J connectivity index is 2.30. The molecule has 11 heteroatoms. The van der Waals surface area contributed by atoms with Gasteiger partial charge in [0.25, 0.3) is 5.91 Å². The highest BCUT2D eigenvalue weighted by molar-refractivity contribution is 6.00. The van der Waals surface area contributed by atoms with Crippen LogP contribution in [0.5, 0.6) is 0 Å². The normalized spacial score (nSPS) is 12.9. The number of ether oxygens (including phenoxy) is 2. The maximum atomic E-state index is 13.4. The first kappa shape index (κ1) is 27.8. The van der Waals surface area contributed by atoms with Crippen LogP contribution in [0.2, 0.25) is 1.41 Å². The number of aryl methyl sites for hydroxylation is 1. The maximum Gasteiger partial charge on any atom is 0.328 e. The van der Waals surface area contributed by atoms with Crippen LogP contribution < -0.4 is 10.6 Å². The lowest BCUT2D eigenvalue weighted by Gasteiger charge is -2.25. The molecule has 0 spiro atoms. The fourth-order valence-electron chi connectivity index (χ4n) is 3.73. The van der Waals surface area contributed by atoms with Crippen molar-refractivity contribution in [2.24, 2.45) is 5.92 Å². The maximum absolute atomic E-state index is 13.4. The van der Waals surface area contributed by atoms with Crippen LogP contribution in [0.4, 0.5) is 4.39 Å². The number of nitrogens with one attached hydrogen (secondary N) is 2. The fraction of sp³-hybridized carbons (Fsp3) is 0.500. The topological polar surface area (TPSA) is 129 Å². The number of benzene rings is 1. The van der Waals surface area contributed by atoms with Gasteiger partial charge in [-0.1, -0.05) is 13.8 Å². The van der Waals surface area contributed by atoms with Gasteiger partial charge >= 0.3 is 11.9 Å². The summed E-state index contributed by atoms with van der Waals surface area (Å²) in [5.74, 6) is -3.69. The van der Waals surface area contributed by atoms with E-state index in [2.05, 4.69) is 10.4 Å². The summed E-state index contributed by atoms with van der Waals surface area (Å²) < 4.78 is 33.3. The lowest BCUT2D eigenvalue weighted by atomic mass is 10.0. The highest BCUT2D eigenvalue weighted by Gasteiger charge is 2.31. The molecule has 1 aromatic heterocycles. The largest absolute Gasteiger partial charge is 0.466 e. The molecule has 10 nitrogen and oxygen atoms in total. The van der Waals surface area contributed by atoms with Crippen LogP contribution in [0.3, 0.4) is 0 Å². The minimum atomic E-state index is -1.27. The van der Waals surface area contributed by atoms with Gasteiger partial charge in [-0.2, -0.15) is 5.10 Å². The van der Waals surface area contributed by atoms with Gasteiger partial charge in [0, 0.05) is 6.42 Å². The minimum Gasteiger partial charge on any atom is -0.466 e. The zero-order chi connectivity index (χ0) is 28.6. The minimum absolute atomic E-state index is 0.0666. The Morgan fingerprint density at radius 1 is 1.08 bits per heavy atom. The van der Waals surface area contributed by atoms with Crippen LogP contribution in [0, 0.1) is 25.6 Å². The van der Waals surface area contributed by atoms with E-state index in [1.54, 1.807) is 41.5 Å². The summed E-state index contributed by atoms with van der Waals surface area (Å²) in [7, 11) is 0. The molecule has 2 aromatic rings. The first-order valence-electron chi connectivity index (χ1n) is 12.6. The van der Waals surface area contributed by atoms with Gasteiger partial charge in [-0.15, -0.1) is 0 Å². The van der Waals surface area contributed by atoms with Gasteiger partial charge in [0.2, 0.25) is 5.91 Å². The lowest BCUT2D eigenvalue weighted by Crippen LogP contribution is -2.54. The summed E-state index contributed by atoms with van der Waals surface area (Å²) in [6, 6.07) is 3.13. The van der Waals surface area contributed by atoms with Crippen LogP contribution >= 0.6 is 0 Å². The molecule has 0 aliphatic heterocycles. The number of nitrogens with zero attached hydrogens (tertiary/aromatic N) is 2. The van der Waals surface area contributed by atoms with Crippen molar-refractivity contribution in [3.8, 4) is 5.69 Å². The van der Waals surface area contributed by atoms with E-state index in [0.717, 1.165) is 0 Å². The third-order valence-corrected chi connectivity index (χ3v) is 5.56. The predicted octanol–water partition coefficient (Wildman–Crippen LogP) is 2.77. The van der Waals surface area contributed by atoms with Gasteiger partial charge in [-0.25, -0.2) is 13.9 Å². The molecule has 0 saturated heterocycles. The second-order valence-electron chi connectivity index (χ2n) is 8.71. The van der Waals surface area contributed by atoms with E-state index < -0.39 is 47.6 Å². The smallest absolute Gasteiger partial charge is 0.328 e. The Hall–Kier alpha value is -3.76. The van der Waals surface area contributed by atoms with E-state index in [0.29, 0.717) is 22.4 Å².